The maximum Gasteiger partial charge on any atom is 0.270 e. The van der Waals surface area contributed by atoms with Gasteiger partial charge in [0.1, 0.15) is 5.69 Å². The van der Waals surface area contributed by atoms with Crippen molar-refractivity contribution in [3.8, 4) is 0 Å². The molecule has 0 unspecified atom stereocenters. The molecule has 0 saturated carbocycles. The van der Waals surface area contributed by atoms with Gasteiger partial charge in [-0.15, -0.1) is 5.10 Å². The lowest BCUT2D eigenvalue weighted by Gasteiger charge is -2.13. The smallest absolute Gasteiger partial charge is 0.270 e. The van der Waals surface area contributed by atoms with Crippen LogP contribution in [0.1, 0.15) is 39.3 Å². The number of aromatic nitrogens is 5. The van der Waals surface area contributed by atoms with E-state index in [4.69, 9.17) is 0 Å². The number of rotatable bonds is 7. The topological polar surface area (TPSA) is 96.8 Å². The second-order valence-electron chi connectivity index (χ2n) is 6.62. The van der Waals surface area contributed by atoms with Crippen molar-refractivity contribution in [1.29, 1.82) is 0 Å². The number of Topliss-reactive ketones (excluding diaryl/α,β-unsaturated/α-hetero) is 1. The van der Waals surface area contributed by atoms with Gasteiger partial charge in [-0.2, -0.15) is 0 Å². The average Bonchev–Trinajstić information content (AvgIpc) is 3.48. The fraction of sp³-hybridized carbons (Fsp3) is 0.316. The fourth-order valence-electron chi connectivity index (χ4n) is 3.14. The van der Waals surface area contributed by atoms with Gasteiger partial charge >= 0.3 is 0 Å². The van der Waals surface area contributed by atoms with Crippen molar-refractivity contribution >= 4 is 23.5 Å². The van der Waals surface area contributed by atoms with Crippen molar-refractivity contribution in [2.75, 3.05) is 18.8 Å². The highest BCUT2D eigenvalue weighted by molar-refractivity contribution is 7.99. The summed E-state index contributed by atoms with van der Waals surface area (Å²) in [5, 5.41) is 12.3. The molecule has 0 spiro atoms. The number of amides is 1. The first kappa shape index (κ1) is 18.4. The summed E-state index contributed by atoms with van der Waals surface area (Å²) in [6, 6.07) is 11.5. The molecule has 1 aromatic carbocycles. The first-order chi connectivity index (χ1) is 13.7. The molecule has 144 valence electrons. The third-order valence-electron chi connectivity index (χ3n) is 4.64. The zero-order valence-electron chi connectivity index (χ0n) is 15.2. The van der Waals surface area contributed by atoms with E-state index in [0.29, 0.717) is 23.0 Å². The number of aromatic amines is 1. The van der Waals surface area contributed by atoms with Gasteiger partial charge in [0.15, 0.2) is 5.78 Å². The number of tetrazole rings is 1. The molecule has 1 saturated heterocycles. The van der Waals surface area contributed by atoms with E-state index in [0.717, 1.165) is 31.5 Å². The Hall–Kier alpha value is -2.94. The number of H-pyrrole nitrogens is 1. The van der Waals surface area contributed by atoms with Crippen LogP contribution in [0.4, 0.5) is 0 Å². The van der Waals surface area contributed by atoms with E-state index < -0.39 is 0 Å². The summed E-state index contributed by atoms with van der Waals surface area (Å²) in [7, 11) is 0. The Kier molecular flexibility index (Phi) is 5.52. The minimum atomic E-state index is -0.0732. The molecule has 0 bridgehead atoms. The highest BCUT2D eigenvalue weighted by Gasteiger charge is 2.22. The largest absolute Gasteiger partial charge is 0.356 e. The normalized spacial score (nSPS) is 13.8. The van der Waals surface area contributed by atoms with E-state index in [9.17, 15) is 9.59 Å². The molecule has 1 N–H and O–H groups in total. The van der Waals surface area contributed by atoms with Crippen LogP contribution >= 0.6 is 11.8 Å². The number of carbonyl (C=O) groups excluding carboxylic acids is 2. The van der Waals surface area contributed by atoms with Crippen LogP contribution in [0, 0.1) is 0 Å². The molecule has 1 aliphatic rings. The lowest BCUT2D eigenvalue weighted by molar-refractivity contribution is 0.0787. The Balaban J connectivity index is 1.36. The maximum atomic E-state index is 12.5. The van der Waals surface area contributed by atoms with Crippen molar-refractivity contribution in [2.24, 2.45) is 0 Å². The average molecular weight is 396 g/mol. The summed E-state index contributed by atoms with van der Waals surface area (Å²) in [5.41, 5.74) is 2.04. The van der Waals surface area contributed by atoms with Crippen LogP contribution in [0.5, 0.6) is 0 Å². The van der Waals surface area contributed by atoms with Crippen LogP contribution in [-0.2, 0) is 6.54 Å². The summed E-state index contributed by atoms with van der Waals surface area (Å²) in [5.74, 6) is 0.0802. The van der Waals surface area contributed by atoms with Gasteiger partial charge in [-0.3, -0.25) is 9.59 Å². The van der Waals surface area contributed by atoms with E-state index in [1.54, 1.807) is 16.9 Å². The SMILES string of the molecule is O=C(CSc1nnnn1Cc1ccccc1)c1c[nH]c(C(=O)N2CCCC2)c1. The molecule has 9 heteroatoms. The van der Waals surface area contributed by atoms with E-state index in [1.807, 2.05) is 35.2 Å². The molecular formula is C19H20N6O2S. The molecule has 2 aromatic heterocycles. The number of carbonyl (C=O) groups is 2. The molecule has 0 aliphatic carbocycles. The van der Waals surface area contributed by atoms with Crippen molar-refractivity contribution in [3.63, 3.8) is 0 Å². The monoisotopic (exact) mass is 396 g/mol. The van der Waals surface area contributed by atoms with Gasteiger partial charge in [-0.05, 0) is 34.9 Å². The number of ketones is 1. The van der Waals surface area contributed by atoms with Crippen molar-refractivity contribution in [2.45, 2.75) is 24.5 Å². The highest BCUT2D eigenvalue weighted by atomic mass is 32.2. The Morgan fingerprint density at radius 2 is 1.93 bits per heavy atom. The first-order valence-electron chi connectivity index (χ1n) is 9.14. The highest BCUT2D eigenvalue weighted by Crippen LogP contribution is 2.18. The molecule has 28 heavy (non-hydrogen) atoms. The van der Waals surface area contributed by atoms with Crippen molar-refractivity contribution in [1.82, 2.24) is 30.1 Å². The van der Waals surface area contributed by atoms with E-state index in [-0.39, 0.29) is 17.4 Å². The molecule has 3 heterocycles. The molecule has 1 fully saturated rings. The van der Waals surface area contributed by atoms with Gasteiger partial charge < -0.3 is 9.88 Å². The molecule has 4 rings (SSSR count). The number of benzene rings is 1. The predicted octanol–water partition coefficient (Wildman–Crippen LogP) is 2.26. The molecule has 0 radical (unpaired) electrons. The summed E-state index contributed by atoms with van der Waals surface area (Å²) in [6.07, 6.45) is 3.66. The van der Waals surface area contributed by atoms with Crippen LogP contribution in [-0.4, -0.2) is 60.6 Å². The van der Waals surface area contributed by atoms with Gasteiger partial charge in [0.2, 0.25) is 5.16 Å². The Morgan fingerprint density at radius 3 is 2.71 bits per heavy atom. The molecule has 3 aromatic rings. The quantitative estimate of drug-likeness (QED) is 0.486. The summed E-state index contributed by atoms with van der Waals surface area (Å²) < 4.78 is 1.67. The molecule has 1 amide bonds. The van der Waals surface area contributed by atoms with Gasteiger partial charge in [0, 0.05) is 24.8 Å². The van der Waals surface area contributed by atoms with Gasteiger partial charge in [0.05, 0.1) is 12.3 Å². The van der Waals surface area contributed by atoms with Crippen molar-refractivity contribution < 1.29 is 9.59 Å². The summed E-state index contributed by atoms with van der Waals surface area (Å²) >= 11 is 1.29. The second-order valence-corrected chi connectivity index (χ2v) is 7.56. The Morgan fingerprint density at radius 1 is 1.14 bits per heavy atom. The van der Waals surface area contributed by atoms with Crippen LogP contribution in [0.3, 0.4) is 0 Å². The van der Waals surface area contributed by atoms with Gasteiger partial charge in [0.25, 0.3) is 5.91 Å². The van der Waals surface area contributed by atoms with E-state index in [1.165, 1.54) is 11.8 Å². The maximum absolute atomic E-state index is 12.5. The first-order valence-corrected chi connectivity index (χ1v) is 10.1. The number of nitrogens with zero attached hydrogens (tertiary/aromatic N) is 5. The fourth-order valence-corrected chi connectivity index (χ4v) is 3.91. The van der Waals surface area contributed by atoms with Crippen LogP contribution in [0.25, 0.3) is 0 Å². The predicted molar refractivity (Wildman–Crippen MR) is 104 cm³/mol. The number of thioether (sulfide) groups is 1. The van der Waals surface area contributed by atoms with E-state index in [2.05, 4.69) is 20.5 Å². The lowest BCUT2D eigenvalue weighted by atomic mass is 10.2. The Labute approximate surface area is 166 Å². The Bertz CT molecular complexity index is 962. The van der Waals surface area contributed by atoms with Crippen LogP contribution in [0.15, 0.2) is 47.8 Å². The third-order valence-corrected chi connectivity index (χ3v) is 5.59. The zero-order chi connectivity index (χ0) is 19.3. The number of hydrogen-bond donors (Lipinski definition) is 1. The van der Waals surface area contributed by atoms with Crippen LogP contribution < -0.4 is 0 Å². The second kappa shape index (κ2) is 8.39. The molecule has 8 nitrogen and oxygen atoms in total. The molecular weight excluding hydrogens is 376 g/mol. The van der Waals surface area contributed by atoms with Crippen molar-refractivity contribution in [3.05, 3.63) is 59.4 Å². The molecule has 1 aliphatic heterocycles. The van der Waals surface area contributed by atoms with Crippen LogP contribution in [0.2, 0.25) is 0 Å². The summed E-state index contributed by atoms with van der Waals surface area (Å²) in [4.78, 5) is 29.7. The van der Waals surface area contributed by atoms with Gasteiger partial charge in [-0.1, -0.05) is 42.1 Å². The minimum Gasteiger partial charge on any atom is -0.356 e. The number of likely N-dealkylation sites (tertiary alicyclic amines) is 1. The minimum absolute atomic E-state index is 0.0454. The van der Waals surface area contributed by atoms with Gasteiger partial charge in [-0.25, -0.2) is 4.68 Å². The number of hydrogen-bond acceptors (Lipinski definition) is 6. The lowest BCUT2D eigenvalue weighted by Crippen LogP contribution is -2.27. The summed E-state index contributed by atoms with van der Waals surface area (Å²) in [6.45, 7) is 2.10. The van der Waals surface area contributed by atoms with E-state index >= 15 is 0 Å². The molecule has 0 atom stereocenters. The zero-order valence-corrected chi connectivity index (χ0v) is 16.1. The number of nitrogens with one attached hydrogen (secondary N) is 1. The third kappa shape index (κ3) is 4.14. The standard InChI is InChI=1S/C19H20N6O2S/c26-17(15-10-16(20-11-15)18(27)24-8-4-5-9-24)13-28-19-21-22-23-25(19)12-14-6-2-1-3-7-14/h1-3,6-7,10-11,20H,4-5,8-9,12-13H2.